The van der Waals surface area contributed by atoms with Crippen LogP contribution in [0.3, 0.4) is 0 Å². The fraction of sp³-hybridized carbons (Fsp3) is 0.529. The number of nitrogens with zero attached hydrogens (tertiary/aromatic N) is 3. The standard InChI is InChI=1S/C34H52N5O8P/c1-3-4-5-6-7-8-9-10-11-12-13-14-15-16-17-18-19-20-21-23-29(40)36-24-22-25-48(44,45-2)46-26-28-30(41)31(42)34(47-28)39-27-37-33(38-39)32(35)43/h4-5,7-8,10-11,13-14,16-17,19-20,27-28,30-31,34,41-42H,3,6,9,12,15,18,21-26H2,1-2H3,(H2,35,43)(H,36,40)/b5-4-,8-7-,11-10-,14-13-,17-16-,20-19-/t28-,30-,31-,34-,48?/m1/s1. The highest BCUT2D eigenvalue weighted by molar-refractivity contribution is 7.53. The normalized spacial score (nSPS) is 21.6. The second-order valence-corrected chi connectivity index (χ2v) is 13.2. The summed E-state index contributed by atoms with van der Waals surface area (Å²) in [4.78, 5) is 27.1. The maximum Gasteiger partial charge on any atom is 0.330 e. The van der Waals surface area contributed by atoms with E-state index in [9.17, 15) is 24.4 Å². The highest BCUT2D eigenvalue weighted by Crippen LogP contribution is 2.48. The smallest absolute Gasteiger partial charge is 0.330 e. The molecule has 1 aromatic rings. The zero-order chi connectivity index (χ0) is 35.0. The summed E-state index contributed by atoms with van der Waals surface area (Å²) in [6.07, 6.45) is 28.8. The molecule has 1 fully saturated rings. The average molecular weight is 690 g/mol. The summed E-state index contributed by atoms with van der Waals surface area (Å²) >= 11 is 0. The second kappa shape index (κ2) is 23.8. The summed E-state index contributed by atoms with van der Waals surface area (Å²) in [5.74, 6) is -1.24. The van der Waals surface area contributed by atoms with Crippen molar-refractivity contribution in [3.8, 4) is 0 Å². The van der Waals surface area contributed by atoms with E-state index in [1.54, 1.807) is 0 Å². The van der Waals surface area contributed by atoms with Crippen molar-refractivity contribution >= 4 is 19.4 Å². The van der Waals surface area contributed by atoms with Gasteiger partial charge in [0.05, 0.1) is 12.8 Å². The Morgan fingerprint density at radius 2 is 1.52 bits per heavy atom. The number of carbonyl (C=O) groups excluding carboxylic acids is 2. The molecule has 0 bridgehead atoms. The SMILES string of the molecule is CC/C=C\C/C=C\C/C=C\C/C=C\C/C=C\C/C=C\CCC(=O)NCCCP(=O)(OC)OC[C@H]1O[C@@H](n2cnc(C(N)=O)n2)[C@H](O)[C@@H]1O. The second-order valence-electron chi connectivity index (χ2n) is 10.9. The molecular weight excluding hydrogens is 637 g/mol. The Labute approximate surface area is 283 Å². The molecule has 2 rings (SSSR count). The predicted molar refractivity (Wildman–Crippen MR) is 185 cm³/mol. The first-order valence-corrected chi connectivity index (χ1v) is 18.1. The van der Waals surface area contributed by atoms with Gasteiger partial charge < -0.3 is 35.0 Å². The summed E-state index contributed by atoms with van der Waals surface area (Å²) in [7, 11) is -2.32. The van der Waals surface area contributed by atoms with Crippen LogP contribution in [0, 0.1) is 0 Å². The highest BCUT2D eigenvalue weighted by Gasteiger charge is 2.45. The monoisotopic (exact) mass is 689 g/mol. The third-order valence-corrected chi connectivity index (χ3v) is 9.07. The van der Waals surface area contributed by atoms with Gasteiger partial charge in [-0.3, -0.25) is 14.2 Å². The van der Waals surface area contributed by atoms with Crippen LogP contribution in [0.25, 0.3) is 0 Å². The number of amides is 2. The van der Waals surface area contributed by atoms with Crippen LogP contribution in [0.4, 0.5) is 0 Å². The van der Waals surface area contributed by atoms with Gasteiger partial charge in [0.25, 0.3) is 5.91 Å². The molecule has 0 saturated carbocycles. The molecule has 1 aromatic heterocycles. The molecular formula is C34H52N5O8P. The number of hydrogen-bond acceptors (Lipinski definition) is 10. The van der Waals surface area contributed by atoms with E-state index in [-0.39, 0.29) is 31.0 Å². The van der Waals surface area contributed by atoms with E-state index in [4.69, 9.17) is 19.5 Å². The topological polar surface area (TPSA) is 188 Å². The Bertz CT molecular complexity index is 1320. The van der Waals surface area contributed by atoms with Crippen LogP contribution in [-0.4, -0.2) is 81.5 Å². The molecule has 0 aromatic carbocycles. The number of rotatable bonds is 24. The molecule has 0 radical (unpaired) electrons. The van der Waals surface area contributed by atoms with Crippen molar-refractivity contribution in [3.05, 3.63) is 85.1 Å². The summed E-state index contributed by atoms with van der Waals surface area (Å²) in [5.41, 5.74) is 5.14. The van der Waals surface area contributed by atoms with Crippen molar-refractivity contribution in [2.75, 3.05) is 26.4 Å². The molecule has 1 saturated heterocycles. The Hall–Kier alpha value is -3.45. The van der Waals surface area contributed by atoms with E-state index >= 15 is 0 Å². The van der Waals surface area contributed by atoms with E-state index < -0.39 is 38.0 Å². The quantitative estimate of drug-likeness (QED) is 0.0665. The zero-order valence-electron chi connectivity index (χ0n) is 28.0. The molecule has 13 nitrogen and oxygen atoms in total. The predicted octanol–water partition coefficient (Wildman–Crippen LogP) is 4.84. The summed E-state index contributed by atoms with van der Waals surface area (Å²) < 4.78 is 30.2. The van der Waals surface area contributed by atoms with Crippen molar-refractivity contribution in [3.63, 3.8) is 0 Å². The molecule has 14 heteroatoms. The van der Waals surface area contributed by atoms with E-state index in [1.807, 2.05) is 12.2 Å². The minimum Gasteiger partial charge on any atom is -0.387 e. The number of hydrogen-bond donors (Lipinski definition) is 4. The van der Waals surface area contributed by atoms with Crippen LogP contribution in [0.15, 0.2) is 79.2 Å². The Kier molecular flexibility index (Phi) is 20.2. The molecule has 5 atom stereocenters. The zero-order valence-corrected chi connectivity index (χ0v) is 28.9. The van der Waals surface area contributed by atoms with Gasteiger partial charge in [-0.1, -0.05) is 79.8 Å². The van der Waals surface area contributed by atoms with Crippen LogP contribution in [0.2, 0.25) is 0 Å². The molecule has 5 N–H and O–H groups in total. The maximum absolute atomic E-state index is 13.0. The number of aliphatic hydroxyl groups excluding tert-OH is 2. The minimum absolute atomic E-state index is 0.0246. The van der Waals surface area contributed by atoms with Crippen LogP contribution in [0.1, 0.15) is 81.6 Å². The number of ether oxygens (including phenoxy) is 1. The number of nitrogens with two attached hydrogens (primary N) is 1. The molecule has 48 heavy (non-hydrogen) atoms. The van der Waals surface area contributed by atoms with Gasteiger partial charge in [0.2, 0.25) is 11.7 Å². The van der Waals surface area contributed by atoms with E-state index in [2.05, 4.69) is 83.1 Å². The van der Waals surface area contributed by atoms with Gasteiger partial charge in [0, 0.05) is 20.1 Å². The van der Waals surface area contributed by atoms with E-state index in [0.29, 0.717) is 19.3 Å². The van der Waals surface area contributed by atoms with Gasteiger partial charge in [-0.05, 0) is 51.4 Å². The number of nitrogens with one attached hydrogen (secondary N) is 1. The lowest BCUT2D eigenvalue weighted by Crippen LogP contribution is -2.34. The molecule has 2 amide bonds. The first-order chi connectivity index (χ1) is 23.2. The van der Waals surface area contributed by atoms with Crippen molar-refractivity contribution in [2.45, 2.75) is 89.3 Å². The maximum atomic E-state index is 13.0. The molecule has 2 heterocycles. The minimum atomic E-state index is -3.57. The number of allylic oxidation sites excluding steroid dienone is 12. The van der Waals surface area contributed by atoms with Gasteiger partial charge in [-0.15, -0.1) is 5.10 Å². The number of carbonyl (C=O) groups is 2. The first kappa shape index (κ1) is 40.7. The third kappa shape index (κ3) is 16.1. The van der Waals surface area contributed by atoms with E-state index in [0.717, 1.165) is 49.5 Å². The van der Waals surface area contributed by atoms with Crippen molar-refractivity contribution in [2.24, 2.45) is 5.73 Å². The van der Waals surface area contributed by atoms with Gasteiger partial charge in [-0.2, -0.15) is 0 Å². The number of aromatic nitrogens is 3. The Balaban J connectivity index is 1.54. The molecule has 266 valence electrons. The van der Waals surface area contributed by atoms with Crippen molar-refractivity contribution in [1.82, 2.24) is 20.1 Å². The summed E-state index contributed by atoms with van der Waals surface area (Å²) in [6.45, 7) is 2.09. The van der Waals surface area contributed by atoms with Crippen LogP contribution in [-0.2, 0) is 23.1 Å². The largest absolute Gasteiger partial charge is 0.387 e. The fourth-order valence-corrected chi connectivity index (χ4v) is 5.77. The number of aliphatic hydroxyl groups is 2. The summed E-state index contributed by atoms with van der Waals surface area (Å²) in [6, 6.07) is 0. The van der Waals surface area contributed by atoms with Gasteiger partial charge in [0.1, 0.15) is 24.6 Å². The summed E-state index contributed by atoms with van der Waals surface area (Å²) in [5, 5.41) is 27.4. The molecule has 0 aliphatic carbocycles. The fourth-order valence-electron chi connectivity index (χ4n) is 4.43. The molecule has 1 unspecified atom stereocenters. The molecule has 1 aliphatic rings. The Morgan fingerprint density at radius 1 is 0.958 bits per heavy atom. The molecule has 0 spiro atoms. The third-order valence-electron chi connectivity index (χ3n) is 7.11. The lowest BCUT2D eigenvalue weighted by molar-refractivity contribution is -0.121. The van der Waals surface area contributed by atoms with Gasteiger partial charge in [0.15, 0.2) is 6.23 Å². The van der Waals surface area contributed by atoms with Crippen LogP contribution < -0.4 is 11.1 Å². The lowest BCUT2D eigenvalue weighted by atomic mass is 10.1. The molecule has 1 aliphatic heterocycles. The average Bonchev–Trinajstić information content (AvgIpc) is 3.68. The van der Waals surface area contributed by atoms with Crippen LogP contribution in [0.5, 0.6) is 0 Å². The van der Waals surface area contributed by atoms with Gasteiger partial charge >= 0.3 is 7.60 Å². The number of primary amides is 1. The van der Waals surface area contributed by atoms with Crippen LogP contribution >= 0.6 is 7.60 Å². The van der Waals surface area contributed by atoms with Gasteiger partial charge in [-0.25, -0.2) is 9.67 Å². The highest BCUT2D eigenvalue weighted by atomic mass is 31.2. The van der Waals surface area contributed by atoms with Crippen molar-refractivity contribution in [1.29, 1.82) is 0 Å². The first-order valence-electron chi connectivity index (χ1n) is 16.4. The lowest BCUT2D eigenvalue weighted by Gasteiger charge is -2.20. The Morgan fingerprint density at radius 3 is 2.04 bits per heavy atom. The van der Waals surface area contributed by atoms with Crippen molar-refractivity contribution < 1.29 is 38.2 Å². The van der Waals surface area contributed by atoms with E-state index in [1.165, 1.54) is 7.11 Å².